The molecule has 0 aromatic heterocycles. The number of carbonyl (C=O) groups is 4. The molecule has 6 unspecified atom stereocenters. The molecule has 0 radical (unpaired) electrons. The van der Waals surface area contributed by atoms with Crippen LogP contribution >= 0.6 is 12.2 Å². The lowest BCUT2D eigenvalue weighted by atomic mass is 9.90. The van der Waals surface area contributed by atoms with Crippen molar-refractivity contribution >= 4 is 40.9 Å². The number of nitrogens with one attached hydrogen (secondary N) is 3. The second kappa shape index (κ2) is 24.9. The number of hydrogen-bond donors (Lipinski definition) is 4. The number of likely N-dealkylation sites (N-methyl/N-ethyl adjacent to an activating group) is 2. The van der Waals surface area contributed by atoms with Crippen molar-refractivity contribution in [3.05, 3.63) is 35.9 Å². The van der Waals surface area contributed by atoms with Crippen LogP contribution in [0, 0.1) is 18.8 Å². The number of benzene rings is 1. The zero-order valence-corrected chi connectivity index (χ0v) is 34.0. The normalized spacial score (nSPS) is 16.9. The van der Waals surface area contributed by atoms with Gasteiger partial charge in [-0.1, -0.05) is 95.6 Å². The molecule has 0 spiro atoms. The Morgan fingerprint density at radius 1 is 1.04 bits per heavy atom. The standard InChI is InChI=1S/C28H51N5O7S.C7H8.C3H8/c1-10-17(2)24(32(7)22(35)15-31-27(38)28(4,5)29-6)20(39-8)14-21(34)33-13-11-12-19(33)25(40-9)18(3)26(41)30-16-23(36)37;1-7-5-3-2-4-6-7;1-3-2/h17-20,24-25,29H,10-16H2,1-9H3,(H,30,41)(H,31,38)(H,36,37);2-6H,1H3;3H2,1-2H3. The highest BCUT2D eigenvalue weighted by Crippen LogP contribution is 2.29. The number of ether oxygens (including phenoxy) is 2. The first-order valence-electron chi connectivity index (χ1n) is 18.1. The minimum absolute atomic E-state index is 0.0185. The van der Waals surface area contributed by atoms with Gasteiger partial charge in [-0.25, -0.2) is 0 Å². The summed E-state index contributed by atoms with van der Waals surface area (Å²) < 4.78 is 11.6. The van der Waals surface area contributed by atoms with Gasteiger partial charge in [-0.3, -0.25) is 19.2 Å². The van der Waals surface area contributed by atoms with E-state index in [9.17, 15) is 19.2 Å². The lowest BCUT2D eigenvalue weighted by Gasteiger charge is -2.39. The molecule has 1 heterocycles. The van der Waals surface area contributed by atoms with E-state index in [1.807, 2.05) is 39.0 Å². The lowest BCUT2D eigenvalue weighted by Crippen LogP contribution is -2.56. The SMILES string of the molecule is CCC.CCC(C)C(C(CC(=O)N1CCCC1C(OC)C(C)C(=S)NCC(=O)O)OC)N(C)C(=O)CNC(=O)C(C)(C)NC.Cc1ccccc1. The van der Waals surface area contributed by atoms with Gasteiger partial charge in [0.15, 0.2) is 0 Å². The molecule has 51 heavy (non-hydrogen) atoms. The van der Waals surface area contributed by atoms with Gasteiger partial charge in [0.25, 0.3) is 0 Å². The number of carboxylic acids is 1. The Morgan fingerprint density at radius 2 is 1.63 bits per heavy atom. The summed E-state index contributed by atoms with van der Waals surface area (Å²) in [4.78, 5) is 54.1. The molecular weight excluding hydrogens is 671 g/mol. The van der Waals surface area contributed by atoms with Crippen molar-refractivity contribution in [1.29, 1.82) is 0 Å². The number of nitrogens with zero attached hydrogens (tertiary/aromatic N) is 2. The van der Waals surface area contributed by atoms with Crippen LogP contribution in [0.25, 0.3) is 0 Å². The summed E-state index contributed by atoms with van der Waals surface area (Å²) in [6, 6.07) is 9.62. The van der Waals surface area contributed by atoms with E-state index in [0.717, 1.165) is 19.3 Å². The van der Waals surface area contributed by atoms with Gasteiger partial charge in [0.2, 0.25) is 17.7 Å². The summed E-state index contributed by atoms with van der Waals surface area (Å²) in [5.74, 6) is -1.99. The van der Waals surface area contributed by atoms with Crippen LogP contribution in [0.2, 0.25) is 0 Å². The maximum absolute atomic E-state index is 13.7. The van der Waals surface area contributed by atoms with Crippen LogP contribution in [0.4, 0.5) is 0 Å². The number of thiocarbonyl (C=S) groups is 1. The molecule has 6 atom stereocenters. The number of likely N-dealkylation sites (tertiary alicyclic amines) is 1. The topological polar surface area (TPSA) is 150 Å². The average molecular weight is 738 g/mol. The molecule has 13 heteroatoms. The molecule has 292 valence electrons. The van der Waals surface area contributed by atoms with Crippen molar-refractivity contribution in [2.75, 3.05) is 47.9 Å². The smallest absolute Gasteiger partial charge is 0.322 e. The number of amides is 3. The van der Waals surface area contributed by atoms with E-state index in [1.54, 1.807) is 44.9 Å². The van der Waals surface area contributed by atoms with E-state index >= 15 is 0 Å². The molecule has 1 saturated heterocycles. The van der Waals surface area contributed by atoms with Gasteiger partial charge in [0, 0.05) is 33.7 Å². The molecule has 2 rings (SSSR count). The molecule has 1 aromatic rings. The molecule has 1 aliphatic heterocycles. The van der Waals surface area contributed by atoms with Gasteiger partial charge in [0.1, 0.15) is 6.54 Å². The zero-order chi connectivity index (χ0) is 39.3. The van der Waals surface area contributed by atoms with Crippen LogP contribution in [0.1, 0.15) is 86.1 Å². The first kappa shape index (κ1) is 47.9. The third-order valence-electron chi connectivity index (χ3n) is 9.25. The Bertz CT molecular complexity index is 1200. The predicted molar refractivity (Wildman–Crippen MR) is 208 cm³/mol. The van der Waals surface area contributed by atoms with E-state index < -0.39 is 29.8 Å². The number of methoxy groups -OCH3 is 2. The molecular formula is C38H67N5O7S. The minimum atomic E-state index is -1.01. The molecule has 1 aliphatic rings. The third-order valence-corrected chi connectivity index (χ3v) is 9.77. The Hall–Kier alpha value is -3.13. The highest BCUT2D eigenvalue weighted by molar-refractivity contribution is 7.80. The minimum Gasteiger partial charge on any atom is -0.480 e. The quantitative estimate of drug-likeness (QED) is 0.169. The summed E-state index contributed by atoms with van der Waals surface area (Å²) >= 11 is 5.42. The van der Waals surface area contributed by atoms with E-state index in [-0.39, 0.29) is 55.1 Å². The van der Waals surface area contributed by atoms with Gasteiger partial charge in [0.05, 0.1) is 47.8 Å². The summed E-state index contributed by atoms with van der Waals surface area (Å²) in [5.41, 5.74) is 0.499. The second-order valence-electron chi connectivity index (χ2n) is 13.7. The van der Waals surface area contributed by atoms with Crippen molar-refractivity contribution < 1.29 is 33.8 Å². The van der Waals surface area contributed by atoms with E-state index in [1.165, 1.54) is 19.1 Å². The number of hydrogen-bond acceptors (Lipinski definition) is 8. The summed E-state index contributed by atoms with van der Waals surface area (Å²) in [5, 5.41) is 17.3. The number of carbonyl (C=O) groups excluding carboxylic acids is 3. The Balaban J connectivity index is 0.00000215. The maximum Gasteiger partial charge on any atom is 0.322 e. The Labute approximate surface area is 312 Å². The number of aliphatic carboxylic acids is 1. The highest BCUT2D eigenvalue weighted by Gasteiger charge is 2.41. The monoisotopic (exact) mass is 737 g/mol. The van der Waals surface area contributed by atoms with Crippen molar-refractivity contribution in [2.24, 2.45) is 11.8 Å². The molecule has 0 bridgehead atoms. The van der Waals surface area contributed by atoms with Crippen LogP contribution in [0.5, 0.6) is 0 Å². The van der Waals surface area contributed by atoms with Gasteiger partial charge in [-0.15, -0.1) is 0 Å². The fraction of sp³-hybridized carbons (Fsp3) is 0.711. The summed E-state index contributed by atoms with van der Waals surface area (Å²) in [6.07, 6.45) is 2.59. The zero-order valence-electron chi connectivity index (χ0n) is 33.2. The van der Waals surface area contributed by atoms with Crippen LogP contribution in [0.15, 0.2) is 30.3 Å². The number of aryl methyl sites for hydroxylation is 1. The van der Waals surface area contributed by atoms with Crippen LogP contribution in [0.3, 0.4) is 0 Å². The summed E-state index contributed by atoms with van der Waals surface area (Å²) in [6.45, 7) is 15.8. The van der Waals surface area contributed by atoms with E-state index in [0.29, 0.717) is 11.5 Å². The molecule has 4 N–H and O–H groups in total. The average Bonchev–Trinajstić information content (AvgIpc) is 3.59. The van der Waals surface area contributed by atoms with Gasteiger partial charge in [-0.05, 0) is 46.6 Å². The van der Waals surface area contributed by atoms with Gasteiger partial charge < -0.3 is 40.3 Å². The fourth-order valence-corrected chi connectivity index (χ4v) is 6.00. The van der Waals surface area contributed by atoms with Crippen LogP contribution < -0.4 is 16.0 Å². The van der Waals surface area contributed by atoms with Crippen molar-refractivity contribution in [3.63, 3.8) is 0 Å². The van der Waals surface area contributed by atoms with Crippen molar-refractivity contribution in [3.8, 4) is 0 Å². The van der Waals surface area contributed by atoms with E-state index in [2.05, 4.69) is 48.9 Å². The molecule has 0 aliphatic carbocycles. The Morgan fingerprint density at radius 3 is 2.08 bits per heavy atom. The fourth-order valence-electron chi connectivity index (χ4n) is 5.80. The lowest BCUT2D eigenvalue weighted by molar-refractivity contribution is -0.144. The number of carboxylic acid groups (broad SMARTS) is 1. The van der Waals surface area contributed by atoms with Crippen LogP contribution in [-0.2, 0) is 28.7 Å². The first-order chi connectivity index (χ1) is 24.0. The van der Waals surface area contributed by atoms with Crippen molar-refractivity contribution in [2.45, 2.75) is 117 Å². The Kier molecular flexibility index (Phi) is 23.4. The molecule has 1 fully saturated rings. The third kappa shape index (κ3) is 16.4. The largest absolute Gasteiger partial charge is 0.480 e. The maximum atomic E-state index is 13.7. The van der Waals surface area contributed by atoms with Gasteiger partial charge >= 0.3 is 5.97 Å². The number of rotatable bonds is 17. The van der Waals surface area contributed by atoms with E-state index in [4.69, 9.17) is 26.8 Å². The van der Waals surface area contributed by atoms with Gasteiger partial charge in [-0.2, -0.15) is 0 Å². The molecule has 3 amide bonds. The second-order valence-corrected chi connectivity index (χ2v) is 14.1. The molecule has 12 nitrogen and oxygen atoms in total. The van der Waals surface area contributed by atoms with Crippen molar-refractivity contribution in [1.82, 2.24) is 25.8 Å². The highest BCUT2D eigenvalue weighted by atomic mass is 32.1. The molecule has 1 aromatic carbocycles. The first-order valence-corrected chi connectivity index (χ1v) is 18.5. The van der Waals surface area contributed by atoms with Crippen LogP contribution in [-0.4, -0.2) is 121 Å². The predicted octanol–water partition coefficient (Wildman–Crippen LogP) is 4.43. The summed E-state index contributed by atoms with van der Waals surface area (Å²) in [7, 11) is 6.46. The molecule has 0 saturated carbocycles.